The lowest BCUT2D eigenvalue weighted by Gasteiger charge is -2.13. The van der Waals surface area contributed by atoms with Gasteiger partial charge in [0, 0.05) is 0 Å². The van der Waals surface area contributed by atoms with E-state index in [1.54, 1.807) is 12.2 Å². The van der Waals surface area contributed by atoms with Gasteiger partial charge in [0.25, 0.3) is 0 Å². The summed E-state index contributed by atoms with van der Waals surface area (Å²) in [6.45, 7) is 3.98. The van der Waals surface area contributed by atoms with Crippen LogP contribution in [0.3, 0.4) is 0 Å². The summed E-state index contributed by atoms with van der Waals surface area (Å²) in [5, 5.41) is 0. The second-order valence-corrected chi connectivity index (χ2v) is 2.82. The second kappa shape index (κ2) is 4.50. The van der Waals surface area contributed by atoms with Gasteiger partial charge >= 0.3 is 0 Å². The molecule has 13 heavy (non-hydrogen) atoms. The molecule has 0 fully saturated rings. The Kier molecular flexibility index (Phi) is 3.31. The van der Waals surface area contributed by atoms with Crippen LogP contribution in [0.4, 0.5) is 0 Å². The van der Waals surface area contributed by atoms with Crippen LogP contribution in [-0.2, 0) is 9.53 Å². The second-order valence-electron chi connectivity index (χ2n) is 2.82. The van der Waals surface area contributed by atoms with E-state index in [2.05, 4.69) is 6.58 Å². The minimum atomic E-state index is -0.316. The van der Waals surface area contributed by atoms with E-state index in [9.17, 15) is 4.79 Å². The fourth-order valence-electron chi connectivity index (χ4n) is 1.10. The quantitative estimate of drug-likeness (QED) is 0.658. The summed E-state index contributed by atoms with van der Waals surface area (Å²) in [4.78, 5) is 10.8. The van der Waals surface area contributed by atoms with Crippen molar-refractivity contribution in [2.24, 2.45) is 11.7 Å². The summed E-state index contributed by atoms with van der Waals surface area (Å²) in [5.74, 6) is 0.142. The lowest BCUT2D eigenvalue weighted by atomic mass is 9.99. The molecule has 0 saturated carbocycles. The monoisotopic (exact) mass is 179 g/mol. The Balaban J connectivity index is 2.57. The summed E-state index contributed by atoms with van der Waals surface area (Å²) in [5.41, 5.74) is 5.16. The molecular weight excluding hydrogens is 166 g/mol. The number of hydrogen-bond acceptors (Lipinski definition) is 2. The lowest BCUT2D eigenvalue weighted by molar-refractivity contribution is -0.120. The van der Waals surface area contributed by atoms with Crippen molar-refractivity contribution in [1.29, 1.82) is 0 Å². The van der Waals surface area contributed by atoms with Crippen LogP contribution in [0.2, 0.25) is 0 Å². The first-order chi connectivity index (χ1) is 6.24. The van der Waals surface area contributed by atoms with Crippen molar-refractivity contribution in [2.45, 2.75) is 6.42 Å². The van der Waals surface area contributed by atoms with Gasteiger partial charge in [-0.25, -0.2) is 0 Å². The van der Waals surface area contributed by atoms with Crippen LogP contribution in [0.5, 0.6) is 0 Å². The van der Waals surface area contributed by atoms with Crippen LogP contribution in [0.25, 0.3) is 0 Å². The molecule has 3 nitrogen and oxygen atoms in total. The molecule has 0 aromatic rings. The molecule has 0 saturated heterocycles. The SMILES string of the molecule is C=CCOC1=CC(C(N)=O)CC=C1. The molecular formula is C10H13NO2. The van der Waals surface area contributed by atoms with E-state index in [-0.39, 0.29) is 11.8 Å². The van der Waals surface area contributed by atoms with Crippen molar-refractivity contribution >= 4 is 5.91 Å². The lowest BCUT2D eigenvalue weighted by Crippen LogP contribution is -2.22. The van der Waals surface area contributed by atoms with Crippen molar-refractivity contribution in [3.05, 3.63) is 36.6 Å². The molecule has 0 spiro atoms. The molecule has 1 aliphatic carbocycles. The van der Waals surface area contributed by atoms with E-state index < -0.39 is 0 Å². The summed E-state index contributed by atoms with van der Waals surface area (Å²) in [7, 11) is 0. The van der Waals surface area contributed by atoms with Crippen LogP contribution in [0.15, 0.2) is 36.6 Å². The van der Waals surface area contributed by atoms with Gasteiger partial charge in [-0.1, -0.05) is 18.7 Å². The molecule has 1 amide bonds. The highest BCUT2D eigenvalue weighted by molar-refractivity contribution is 5.79. The minimum absolute atomic E-state index is 0.232. The molecule has 0 aromatic heterocycles. The molecule has 0 aliphatic heterocycles. The third-order valence-corrected chi connectivity index (χ3v) is 1.77. The van der Waals surface area contributed by atoms with Gasteiger partial charge in [-0.3, -0.25) is 4.79 Å². The molecule has 0 radical (unpaired) electrons. The molecule has 0 bridgehead atoms. The van der Waals surface area contributed by atoms with Crippen molar-refractivity contribution in [3.63, 3.8) is 0 Å². The van der Waals surface area contributed by atoms with Crippen LogP contribution in [0.1, 0.15) is 6.42 Å². The largest absolute Gasteiger partial charge is 0.490 e. The van der Waals surface area contributed by atoms with Gasteiger partial charge in [-0.2, -0.15) is 0 Å². The number of allylic oxidation sites excluding steroid dienone is 2. The van der Waals surface area contributed by atoms with Gasteiger partial charge in [0.15, 0.2) is 0 Å². The van der Waals surface area contributed by atoms with E-state index in [4.69, 9.17) is 10.5 Å². The summed E-state index contributed by atoms with van der Waals surface area (Å²) < 4.78 is 5.26. The van der Waals surface area contributed by atoms with E-state index in [1.807, 2.05) is 12.2 Å². The Bertz CT molecular complexity index is 266. The summed E-state index contributed by atoms with van der Waals surface area (Å²) in [6, 6.07) is 0. The zero-order valence-corrected chi connectivity index (χ0v) is 7.40. The summed E-state index contributed by atoms with van der Waals surface area (Å²) in [6.07, 6.45) is 7.78. The van der Waals surface area contributed by atoms with Crippen molar-refractivity contribution < 1.29 is 9.53 Å². The van der Waals surface area contributed by atoms with Gasteiger partial charge in [-0.05, 0) is 18.6 Å². The standard InChI is InChI=1S/C10H13NO2/c1-2-6-13-9-5-3-4-8(7-9)10(11)12/h2-3,5,7-8H,1,4,6H2,(H2,11,12). The maximum absolute atomic E-state index is 10.8. The fraction of sp³-hybridized carbons (Fsp3) is 0.300. The number of carbonyl (C=O) groups is 1. The van der Waals surface area contributed by atoms with Gasteiger partial charge in [0.1, 0.15) is 12.4 Å². The van der Waals surface area contributed by atoms with Gasteiger partial charge in [-0.15, -0.1) is 0 Å². The topological polar surface area (TPSA) is 52.3 Å². The molecule has 3 heteroatoms. The number of nitrogens with two attached hydrogens (primary N) is 1. The first-order valence-corrected chi connectivity index (χ1v) is 4.15. The van der Waals surface area contributed by atoms with Gasteiger partial charge in [0.2, 0.25) is 5.91 Å². The highest BCUT2D eigenvalue weighted by Gasteiger charge is 2.14. The predicted molar refractivity (Wildman–Crippen MR) is 50.7 cm³/mol. The number of amides is 1. The normalized spacial score (nSPS) is 20.6. The summed E-state index contributed by atoms with van der Waals surface area (Å²) >= 11 is 0. The highest BCUT2D eigenvalue weighted by atomic mass is 16.5. The van der Waals surface area contributed by atoms with Gasteiger partial charge in [0.05, 0.1) is 5.92 Å². The van der Waals surface area contributed by atoms with Crippen molar-refractivity contribution in [1.82, 2.24) is 0 Å². The third kappa shape index (κ3) is 2.78. The first kappa shape index (κ1) is 9.58. The molecule has 2 N–H and O–H groups in total. The van der Waals surface area contributed by atoms with Gasteiger partial charge < -0.3 is 10.5 Å². The van der Waals surface area contributed by atoms with Crippen LogP contribution in [0, 0.1) is 5.92 Å². The smallest absolute Gasteiger partial charge is 0.224 e. The number of rotatable bonds is 4. The molecule has 1 unspecified atom stereocenters. The Morgan fingerprint density at radius 1 is 1.85 bits per heavy atom. The van der Waals surface area contributed by atoms with Crippen LogP contribution >= 0.6 is 0 Å². The number of ether oxygens (including phenoxy) is 1. The minimum Gasteiger partial charge on any atom is -0.490 e. The average molecular weight is 179 g/mol. The first-order valence-electron chi connectivity index (χ1n) is 4.15. The molecule has 1 aliphatic rings. The zero-order chi connectivity index (χ0) is 9.68. The Morgan fingerprint density at radius 3 is 3.23 bits per heavy atom. The number of primary amides is 1. The van der Waals surface area contributed by atoms with Crippen LogP contribution < -0.4 is 5.73 Å². The highest BCUT2D eigenvalue weighted by Crippen LogP contribution is 2.16. The molecule has 0 aromatic carbocycles. The fourth-order valence-corrected chi connectivity index (χ4v) is 1.10. The average Bonchev–Trinajstić information content (AvgIpc) is 2.15. The number of carbonyl (C=O) groups excluding carboxylic acids is 1. The third-order valence-electron chi connectivity index (χ3n) is 1.77. The maximum Gasteiger partial charge on any atom is 0.224 e. The molecule has 70 valence electrons. The Labute approximate surface area is 77.6 Å². The van der Waals surface area contributed by atoms with E-state index >= 15 is 0 Å². The Hall–Kier alpha value is -1.51. The molecule has 1 rings (SSSR count). The van der Waals surface area contributed by atoms with Crippen molar-refractivity contribution in [3.8, 4) is 0 Å². The Morgan fingerprint density at radius 2 is 2.62 bits per heavy atom. The number of hydrogen-bond donors (Lipinski definition) is 1. The van der Waals surface area contributed by atoms with Crippen molar-refractivity contribution in [2.75, 3.05) is 6.61 Å². The van der Waals surface area contributed by atoms with Crippen LogP contribution in [-0.4, -0.2) is 12.5 Å². The predicted octanol–water partition coefficient (Wildman–Crippen LogP) is 1.13. The van der Waals surface area contributed by atoms with E-state index in [0.717, 1.165) is 0 Å². The molecule has 0 heterocycles. The van der Waals surface area contributed by atoms with E-state index in [1.165, 1.54) is 0 Å². The zero-order valence-electron chi connectivity index (χ0n) is 7.40. The maximum atomic E-state index is 10.8. The molecule has 1 atom stereocenters. The van der Waals surface area contributed by atoms with E-state index in [0.29, 0.717) is 18.8 Å².